The van der Waals surface area contributed by atoms with E-state index in [0.29, 0.717) is 17.1 Å². The molecule has 74 valence electrons. The SMILES string of the molecule is CCC1Oc2ccc(C(N)=O)cc2O1. The highest BCUT2D eigenvalue weighted by molar-refractivity contribution is 5.93. The van der Waals surface area contributed by atoms with E-state index in [1.807, 2.05) is 6.92 Å². The maximum atomic E-state index is 10.9. The molecule has 1 heterocycles. The van der Waals surface area contributed by atoms with Gasteiger partial charge in [0.1, 0.15) is 0 Å². The Bertz CT molecular complexity index is 376. The highest BCUT2D eigenvalue weighted by Crippen LogP contribution is 2.35. The van der Waals surface area contributed by atoms with Crippen molar-refractivity contribution in [3.05, 3.63) is 23.8 Å². The molecule has 1 atom stereocenters. The Labute approximate surface area is 81.6 Å². The van der Waals surface area contributed by atoms with Crippen LogP contribution in [0.1, 0.15) is 23.7 Å². The molecule has 2 rings (SSSR count). The number of carbonyl (C=O) groups excluding carboxylic acids is 1. The van der Waals surface area contributed by atoms with Crippen molar-refractivity contribution >= 4 is 5.91 Å². The zero-order chi connectivity index (χ0) is 10.1. The van der Waals surface area contributed by atoms with Crippen molar-refractivity contribution in [2.24, 2.45) is 5.73 Å². The number of nitrogens with two attached hydrogens (primary N) is 1. The van der Waals surface area contributed by atoms with Gasteiger partial charge in [0.05, 0.1) is 0 Å². The first-order valence-corrected chi connectivity index (χ1v) is 4.48. The molecule has 14 heavy (non-hydrogen) atoms. The second-order valence-electron chi connectivity index (χ2n) is 3.10. The third-order valence-electron chi connectivity index (χ3n) is 2.08. The average molecular weight is 193 g/mol. The number of hydrogen-bond acceptors (Lipinski definition) is 3. The van der Waals surface area contributed by atoms with E-state index >= 15 is 0 Å². The van der Waals surface area contributed by atoms with Crippen molar-refractivity contribution in [1.82, 2.24) is 0 Å². The van der Waals surface area contributed by atoms with Crippen molar-refractivity contribution in [2.45, 2.75) is 19.6 Å². The molecule has 1 aromatic rings. The van der Waals surface area contributed by atoms with Crippen LogP contribution in [0.25, 0.3) is 0 Å². The van der Waals surface area contributed by atoms with Crippen LogP contribution in [0.15, 0.2) is 18.2 Å². The number of hydrogen-bond donors (Lipinski definition) is 1. The van der Waals surface area contributed by atoms with Crippen LogP contribution in [0.2, 0.25) is 0 Å². The Balaban J connectivity index is 2.31. The molecule has 2 N–H and O–H groups in total. The Morgan fingerprint density at radius 3 is 2.79 bits per heavy atom. The van der Waals surface area contributed by atoms with Crippen LogP contribution in [0, 0.1) is 0 Å². The van der Waals surface area contributed by atoms with Crippen LogP contribution in [-0.4, -0.2) is 12.2 Å². The number of fused-ring (bicyclic) bond motifs is 1. The van der Waals surface area contributed by atoms with Crippen LogP contribution >= 0.6 is 0 Å². The number of carbonyl (C=O) groups is 1. The number of benzene rings is 1. The molecule has 0 spiro atoms. The third kappa shape index (κ3) is 1.39. The lowest BCUT2D eigenvalue weighted by Gasteiger charge is -2.04. The van der Waals surface area contributed by atoms with Gasteiger partial charge in [-0.3, -0.25) is 4.79 Å². The lowest BCUT2D eigenvalue weighted by molar-refractivity contribution is 0.0464. The largest absolute Gasteiger partial charge is 0.451 e. The summed E-state index contributed by atoms with van der Waals surface area (Å²) in [6, 6.07) is 4.93. The van der Waals surface area contributed by atoms with Gasteiger partial charge in [-0.1, -0.05) is 6.92 Å². The number of rotatable bonds is 2. The summed E-state index contributed by atoms with van der Waals surface area (Å²) in [5.41, 5.74) is 5.57. The summed E-state index contributed by atoms with van der Waals surface area (Å²) in [4.78, 5) is 10.9. The van der Waals surface area contributed by atoms with Crippen molar-refractivity contribution in [2.75, 3.05) is 0 Å². The topological polar surface area (TPSA) is 61.5 Å². The summed E-state index contributed by atoms with van der Waals surface area (Å²) in [6.45, 7) is 1.96. The van der Waals surface area contributed by atoms with Crippen LogP contribution < -0.4 is 15.2 Å². The quantitative estimate of drug-likeness (QED) is 0.769. The fraction of sp³-hybridized carbons (Fsp3) is 0.300. The average Bonchev–Trinajstić information content (AvgIpc) is 2.58. The van der Waals surface area contributed by atoms with Gasteiger partial charge < -0.3 is 15.2 Å². The van der Waals surface area contributed by atoms with E-state index in [-0.39, 0.29) is 6.29 Å². The van der Waals surface area contributed by atoms with Crippen molar-refractivity contribution in [3.8, 4) is 11.5 Å². The monoisotopic (exact) mass is 193 g/mol. The first kappa shape index (κ1) is 8.87. The Hall–Kier alpha value is -1.71. The minimum atomic E-state index is -0.462. The normalized spacial score (nSPS) is 18.2. The fourth-order valence-electron chi connectivity index (χ4n) is 1.32. The maximum Gasteiger partial charge on any atom is 0.248 e. The summed E-state index contributed by atoms with van der Waals surface area (Å²) < 4.78 is 10.8. The molecule has 1 amide bonds. The van der Waals surface area contributed by atoms with Crippen LogP contribution in [0.5, 0.6) is 11.5 Å². The lowest BCUT2D eigenvalue weighted by atomic mass is 10.2. The molecule has 1 unspecified atom stereocenters. The van der Waals surface area contributed by atoms with Gasteiger partial charge in [-0.25, -0.2) is 0 Å². The van der Waals surface area contributed by atoms with Crippen LogP contribution in [-0.2, 0) is 0 Å². The molecule has 4 nitrogen and oxygen atoms in total. The minimum Gasteiger partial charge on any atom is -0.451 e. The van der Waals surface area contributed by atoms with E-state index in [1.165, 1.54) is 0 Å². The summed E-state index contributed by atoms with van der Waals surface area (Å²) in [5.74, 6) is 0.798. The Morgan fingerprint density at radius 2 is 2.14 bits per heavy atom. The van der Waals surface area contributed by atoms with Crippen molar-refractivity contribution < 1.29 is 14.3 Å². The number of amides is 1. The van der Waals surface area contributed by atoms with Gasteiger partial charge in [-0.2, -0.15) is 0 Å². The van der Waals surface area contributed by atoms with Crippen LogP contribution in [0.3, 0.4) is 0 Å². The zero-order valence-corrected chi connectivity index (χ0v) is 7.82. The predicted molar refractivity (Wildman–Crippen MR) is 50.3 cm³/mol. The molecule has 1 aliphatic rings. The Kier molecular flexibility index (Phi) is 2.04. The molecule has 1 aromatic carbocycles. The molecule has 0 radical (unpaired) electrons. The van der Waals surface area contributed by atoms with Gasteiger partial charge in [-0.15, -0.1) is 0 Å². The molecule has 0 fully saturated rings. The molecule has 0 aliphatic carbocycles. The molecular formula is C10H11NO3. The summed E-state index contributed by atoms with van der Waals surface area (Å²) >= 11 is 0. The second kappa shape index (κ2) is 3.21. The van der Waals surface area contributed by atoms with Crippen molar-refractivity contribution in [3.63, 3.8) is 0 Å². The first-order chi connectivity index (χ1) is 6.70. The van der Waals surface area contributed by atoms with E-state index in [1.54, 1.807) is 18.2 Å². The molecule has 0 saturated heterocycles. The van der Waals surface area contributed by atoms with E-state index in [2.05, 4.69) is 0 Å². The molecule has 0 bridgehead atoms. The highest BCUT2D eigenvalue weighted by atomic mass is 16.7. The molecule has 4 heteroatoms. The van der Waals surface area contributed by atoms with Gasteiger partial charge in [0.2, 0.25) is 12.2 Å². The van der Waals surface area contributed by atoms with Gasteiger partial charge in [0.25, 0.3) is 0 Å². The molecular weight excluding hydrogens is 182 g/mol. The fourth-order valence-corrected chi connectivity index (χ4v) is 1.32. The minimum absolute atomic E-state index is 0.242. The zero-order valence-electron chi connectivity index (χ0n) is 7.82. The third-order valence-corrected chi connectivity index (χ3v) is 2.08. The number of primary amides is 1. The standard InChI is InChI=1S/C10H11NO3/c1-2-9-13-7-4-3-6(10(11)12)5-8(7)14-9/h3-5,9H,2H2,1H3,(H2,11,12). The van der Waals surface area contributed by atoms with E-state index in [0.717, 1.165) is 6.42 Å². The van der Waals surface area contributed by atoms with E-state index in [4.69, 9.17) is 15.2 Å². The molecule has 1 aliphatic heterocycles. The second-order valence-corrected chi connectivity index (χ2v) is 3.10. The summed E-state index contributed by atoms with van der Waals surface area (Å²) in [5, 5.41) is 0. The summed E-state index contributed by atoms with van der Waals surface area (Å²) in [6.07, 6.45) is 0.522. The van der Waals surface area contributed by atoms with E-state index in [9.17, 15) is 4.79 Å². The van der Waals surface area contributed by atoms with Gasteiger partial charge in [0.15, 0.2) is 11.5 Å². The molecule has 0 saturated carbocycles. The number of ether oxygens (including phenoxy) is 2. The van der Waals surface area contributed by atoms with Gasteiger partial charge >= 0.3 is 0 Å². The smallest absolute Gasteiger partial charge is 0.248 e. The first-order valence-electron chi connectivity index (χ1n) is 4.48. The maximum absolute atomic E-state index is 10.9. The highest BCUT2D eigenvalue weighted by Gasteiger charge is 2.22. The predicted octanol–water partition coefficient (Wildman–Crippen LogP) is 1.29. The van der Waals surface area contributed by atoms with E-state index < -0.39 is 5.91 Å². The van der Waals surface area contributed by atoms with Gasteiger partial charge in [0, 0.05) is 12.0 Å². The molecule has 0 aromatic heterocycles. The Morgan fingerprint density at radius 1 is 1.43 bits per heavy atom. The van der Waals surface area contributed by atoms with Gasteiger partial charge in [-0.05, 0) is 18.2 Å². The lowest BCUT2D eigenvalue weighted by Crippen LogP contribution is -2.15. The van der Waals surface area contributed by atoms with Crippen molar-refractivity contribution in [1.29, 1.82) is 0 Å². The summed E-state index contributed by atoms with van der Waals surface area (Å²) in [7, 11) is 0. The van der Waals surface area contributed by atoms with Crippen LogP contribution in [0.4, 0.5) is 0 Å².